The fourth-order valence-electron chi connectivity index (χ4n) is 3.84. The number of pyridine rings is 1. The van der Waals surface area contributed by atoms with Crippen LogP contribution in [0.3, 0.4) is 0 Å². The summed E-state index contributed by atoms with van der Waals surface area (Å²) in [5.74, 6) is 2.70. The second-order valence-electron chi connectivity index (χ2n) is 7.76. The van der Waals surface area contributed by atoms with E-state index in [0.29, 0.717) is 23.1 Å². The van der Waals surface area contributed by atoms with Crippen LogP contribution in [-0.4, -0.2) is 37.7 Å². The van der Waals surface area contributed by atoms with E-state index in [9.17, 15) is 4.79 Å². The molecule has 1 amide bonds. The minimum Gasteiger partial charge on any atom is -0.497 e. The molecule has 0 unspecified atom stereocenters. The van der Waals surface area contributed by atoms with Crippen LogP contribution < -0.4 is 19.7 Å². The fourth-order valence-corrected chi connectivity index (χ4v) is 3.84. The number of carbonyl (C=O) groups is 1. The first-order chi connectivity index (χ1) is 14.6. The van der Waals surface area contributed by atoms with Gasteiger partial charge in [-0.05, 0) is 49.1 Å². The van der Waals surface area contributed by atoms with E-state index in [1.807, 2.05) is 36.4 Å². The van der Waals surface area contributed by atoms with Crippen LogP contribution in [0.25, 0.3) is 10.9 Å². The Morgan fingerprint density at radius 2 is 2.07 bits per heavy atom. The molecule has 6 heteroatoms. The molecule has 0 bridgehead atoms. The molecule has 2 aromatic carbocycles. The van der Waals surface area contributed by atoms with Gasteiger partial charge in [-0.1, -0.05) is 25.1 Å². The summed E-state index contributed by atoms with van der Waals surface area (Å²) in [6, 6.07) is 17.2. The number of piperidine rings is 1. The molecule has 0 spiro atoms. The highest BCUT2D eigenvalue weighted by molar-refractivity contribution is 5.92. The van der Waals surface area contributed by atoms with Gasteiger partial charge >= 0.3 is 0 Å². The van der Waals surface area contributed by atoms with Crippen LogP contribution >= 0.6 is 0 Å². The first-order valence-electron chi connectivity index (χ1n) is 10.3. The quantitative estimate of drug-likeness (QED) is 0.654. The zero-order valence-corrected chi connectivity index (χ0v) is 17.4. The number of hydrogen-bond donors (Lipinski definition) is 1. The maximum atomic E-state index is 12.4. The van der Waals surface area contributed by atoms with Gasteiger partial charge in [-0.3, -0.25) is 4.79 Å². The predicted molar refractivity (Wildman–Crippen MR) is 119 cm³/mol. The number of carbonyl (C=O) groups excluding carboxylic acids is 1. The van der Waals surface area contributed by atoms with Crippen LogP contribution in [0.5, 0.6) is 11.5 Å². The molecule has 30 heavy (non-hydrogen) atoms. The molecule has 1 aromatic heterocycles. The molecule has 3 aromatic rings. The van der Waals surface area contributed by atoms with Crippen molar-refractivity contribution >= 4 is 28.3 Å². The van der Waals surface area contributed by atoms with Crippen molar-refractivity contribution in [3.63, 3.8) is 0 Å². The number of aromatic nitrogens is 1. The first-order valence-corrected chi connectivity index (χ1v) is 10.3. The highest BCUT2D eigenvalue weighted by Crippen LogP contribution is 2.28. The minimum atomic E-state index is -0.235. The number of fused-ring (bicyclic) bond motifs is 1. The summed E-state index contributed by atoms with van der Waals surface area (Å²) in [7, 11) is 1.59. The van der Waals surface area contributed by atoms with E-state index in [1.165, 1.54) is 12.8 Å². The number of para-hydroxylation sites is 1. The van der Waals surface area contributed by atoms with E-state index >= 15 is 0 Å². The van der Waals surface area contributed by atoms with Gasteiger partial charge in [-0.15, -0.1) is 0 Å². The van der Waals surface area contributed by atoms with E-state index in [0.717, 1.165) is 29.8 Å². The van der Waals surface area contributed by atoms with E-state index < -0.39 is 0 Å². The number of anilines is 2. The summed E-state index contributed by atoms with van der Waals surface area (Å²) in [5, 5.41) is 3.83. The van der Waals surface area contributed by atoms with E-state index in [2.05, 4.69) is 29.3 Å². The predicted octanol–water partition coefficient (Wildman–Crippen LogP) is 4.50. The average Bonchev–Trinajstić information content (AvgIpc) is 2.77. The van der Waals surface area contributed by atoms with Gasteiger partial charge in [0.15, 0.2) is 6.61 Å². The lowest BCUT2D eigenvalue weighted by Gasteiger charge is -2.32. The van der Waals surface area contributed by atoms with Gasteiger partial charge in [0.1, 0.15) is 22.8 Å². The molecule has 1 aliphatic heterocycles. The number of hydrogen-bond acceptors (Lipinski definition) is 5. The molecule has 1 atom stereocenters. The molecule has 0 saturated carbocycles. The molecule has 1 aliphatic rings. The van der Waals surface area contributed by atoms with E-state index in [4.69, 9.17) is 14.5 Å². The van der Waals surface area contributed by atoms with Crippen LogP contribution in [0.1, 0.15) is 19.8 Å². The second-order valence-corrected chi connectivity index (χ2v) is 7.76. The average molecular weight is 405 g/mol. The van der Waals surface area contributed by atoms with Crippen LogP contribution in [0.15, 0.2) is 54.6 Å². The largest absolute Gasteiger partial charge is 0.497 e. The molecule has 0 aliphatic carbocycles. The number of amides is 1. The summed E-state index contributed by atoms with van der Waals surface area (Å²) < 4.78 is 11.0. The number of nitrogens with one attached hydrogen (secondary N) is 1. The third-order valence-electron chi connectivity index (χ3n) is 5.36. The van der Waals surface area contributed by atoms with Gasteiger partial charge in [0.25, 0.3) is 5.91 Å². The van der Waals surface area contributed by atoms with Crippen molar-refractivity contribution in [1.82, 2.24) is 4.98 Å². The zero-order chi connectivity index (χ0) is 20.9. The normalized spacial score (nSPS) is 16.3. The summed E-state index contributed by atoms with van der Waals surface area (Å²) in [6.07, 6.45) is 2.45. The Morgan fingerprint density at radius 1 is 1.20 bits per heavy atom. The highest BCUT2D eigenvalue weighted by Gasteiger charge is 2.18. The molecule has 1 fully saturated rings. The molecular formula is C24H27N3O3. The third kappa shape index (κ3) is 4.64. The number of rotatable bonds is 6. The first kappa shape index (κ1) is 20.0. The summed E-state index contributed by atoms with van der Waals surface area (Å²) in [6.45, 7) is 4.23. The van der Waals surface area contributed by atoms with E-state index in [-0.39, 0.29) is 12.5 Å². The zero-order valence-electron chi connectivity index (χ0n) is 17.4. The van der Waals surface area contributed by atoms with Crippen LogP contribution in [-0.2, 0) is 4.79 Å². The molecule has 6 nitrogen and oxygen atoms in total. The smallest absolute Gasteiger partial charge is 0.262 e. The van der Waals surface area contributed by atoms with Crippen molar-refractivity contribution < 1.29 is 14.3 Å². The van der Waals surface area contributed by atoms with Crippen molar-refractivity contribution in [2.24, 2.45) is 5.92 Å². The minimum absolute atomic E-state index is 0.0943. The molecule has 2 heterocycles. The van der Waals surface area contributed by atoms with Gasteiger partial charge in [0.05, 0.1) is 7.11 Å². The molecule has 156 valence electrons. The maximum Gasteiger partial charge on any atom is 0.262 e. The van der Waals surface area contributed by atoms with Crippen LogP contribution in [0.4, 0.5) is 11.5 Å². The number of nitrogens with zero attached hydrogens (tertiary/aromatic N) is 2. The van der Waals surface area contributed by atoms with Crippen molar-refractivity contribution in [1.29, 1.82) is 0 Å². The van der Waals surface area contributed by atoms with Gasteiger partial charge in [0.2, 0.25) is 0 Å². The highest BCUT2D eigenvalue weighted by atomic mass is 16.5. The monoisotopic (exact) mass is 405 g/mol. The van der Waals surface area contributed by atoms with Crippen molar-refractivity contribution in [2.75, 3.05) is 37.0 Å². The Bertz CT molecular complexity index is 1040. The second kappa shape index (κ2) is 9.03. The fraction of sp³-hybridized carbons (Fsp3) is 0.333. The van der Waals surface area contributed by atoms with Gasteiger partial charge in [-0.25, -0.2) is 4.98 Å². The molecule has 4 rings (SSSR count). The number of methoxy groups -OCH3 is 1. The number of ether oxygens (including phenoxy) is 2. The van der Waals surface area contributed by atoms with Gasteiger partial charge in [-0.2, -0.15) is 0 Å². The molecule has 1 N–H and O–H groups in total. The van der Waals surface area contributed by atoms with Gasteiger partial charge < -0.3 is 19.7 Å². The van der Waals surface area contributed by atoms with Crippen LogP contribution in [0.2, 0.25) is 0 Å². The molecular weight excluding hydrogens is 378 g/mol. The standard InChI is InChI=1S/C24H27N3O3/c1-17-6-5-13-27(15-17)22-12-11-18-7-3-10-21(24(18)26-22)30-16-23(28)25-19-8-4-9-20(14-19)29-2/h3-4,7-12,14,17H,5-6,13,15-16H2,1-2H3,(H,25,28)/t17-/m0/s1. The van der Waals surface area contributed by atoms with Crippen molar-refractivity contribution in [3.05, 3.63) is 54.6 Å². The van der Waals surface area contributed by atoms with E-state index in [1.54, 1.807) is 13.2 Å². The maximum absolute atomic E-state index is 12.4. The lowest BCUT2D eigenvalue weighted by atomic mass is 10.0. The Balaban J connectivity index is 1.47. The Hall–Kier alpha value is -3.28. The lowest BCUT2D eigenvalue weighted by molar-refractivity contribution is -0.118. The molecule has 1 saturated heterocycles. The molecule has 0 radical (unpaired) electrons. The van der Waals surface area contributed by atoms with Crippen molar-refractivity contribution in [2.45, 2.75) is 19.8 Å². The number of benzene rings is 2. The Morgan fingerprint density at radius 3 is 2.90 bits per heavy atom. The topological polar surface area (TPSA) is 63.7 Å². The lowest BCUT2D eigenvalue weighted by Crippen LogP contribution is -2.34. The summed E-state index contributed by atoms with van der Waals surface area (Å²) >= 11 is 0. The summed E-state index contributed by atoms with van der Waals surface area (Å²) in [5.41, 5.74) is 1.45. The Labute approximate surface area is 176 Å². The summed E-state index contributed by atoms with van der Waals surface area (Å²) in [4.78, 5) is 19.6. The van der Waals surface area contributed by atoms with Crippen LogP contribution in [0, 0.1) is 5.92 Å². The third-order valence-corrected chi connectivity index (χ3v) is 5.36. The van der Waals surface area contributed by atoms with Crippen molar-refractivity contribution in [3.8, 4) is 11.5 Å². The SMILES string of the molecule is COc1cccc(NC(=O)COc2cccc3ccc(N4CCC[C@H](C)C4)nc23)c1. The Kier molecular flexibility index (Phi) is 6.02. The van der Waals surface area contributed by atoms with Gasteiger partial charge in [0, 0.05) is 30.2 Å².